The van der Waals surface area contributed by atoms with Crippen molar-refractivity contribution < 1.29 is 14.3 Å². The molecule has 132 valence electrons. The average molecular weight is 331 g/mol. The van der Waals surface area contributed by atoms with Gasteiger partial charge in [-0.05, 0) is 50.7 Å². The van der Waals surface area contributed by atoms with E-state index >= 15 is 0 Å². The molecule has 0 bridgehead atoms. The number of nitrogens with one attached hydrogen (secondary N) is 1. The number of aryl methyl sites for hydroxylation is 1. The van der Waals surface area contributed by atoms with Crippen molar-refractivity contribution in [2.75, 3.05) is 26.4 Å². The number of ether oxygens (including phenoxy) is 2. The minimum atomic E-state index is -0.0208. The van der Waals surface area contributed by atoms with E-state index < -0.39 is 0 Å². The molecular weight excluding hydrogens is 302 g/mol. The van der Waals surface area contributed by atoms with Gasteiger partial charge in [-0.1, -0.05) is 24.3 Å². The van der Waals surface area contributed by atoms with Crippen molar-refractivity contribution in [1.82, 2.24) is 5.32 Å². The molecule has 4 heteroatoms. The van der Waals surface area contributed by atoms with E-state index in [-0.39, 0.29) is 23.3 Å². The molecule has 2 fully saturated rings. The highest BCUT2D eigenvalue weighted by Crippen LogP contribution is 2.36. The van der Waals surface area contributed by atoms with Gasteiger partial charge in [-0.15, -0.1) is 0 Å². The van der Waals surface area contributed by atoms with E-state index in [2.05, 4.69) is 36.5 Å². The summed E-state index contributed by atoms with van der Waals surface area (Å²) < 4.78 is 11.2. The van der Waals surface area contributed by atoms with Gasteiger partial charge in [0.1, 0.15) is 0 Å². The van der Waals surface area contributed by atoms with Gasteiger partial charge in [-0.25, -0.2) is 0 Å². The molecule has 2 atom stereocenters. The second kappa shape index (κ2) is 7.66. The summed E-state index contributed by atoms with van der Waals surface area (Å²) in [7, 11) is 0. The number of hydrogen-bond acceptors (Lipinski definition) is 3. The van der Waals surface area contributed by atoms with Crippen LogP contribution in [0.1, 0.15) is 43.7 Å². The highest BCUT2D eigenvalue weighted by atomic mass is 16.5. The first-order valence-corrected chi connectivity index (χ1v) is 9.16. The maximum Gasteiger partial charge on any atom is 0.225 e. The topological polar surface area (TPSA) is 47.6 Å². The Morgan fingerprint density at radius 2 is 2.00 bits per heavy atom. The number of rotatable bonds is 4. The average Bonchev–Trinajstić information content (AvgIpc) is 2.61. The Morgan fingerprint density at radius 1 is 1.25 bits per heavy atom. The third-order valence-corrected chi connectivity index (χ3v) is 5.71. The zero-order valence-corrected chi connectivity index (χ0v) is 14.8. The molecule has 2 aliphatic rings. The SMILES string of the molecule is Cc1ccccc1C1(CNC(=O)[C@@H]2CCCO[C@H]2C)CCOCC1. The standard InChI is InChI=1S/C20H29NO3/c1-15-6-3-4-8-18(15)20(9-12-23-13-10-20)14-21-19(22)17-7-5-11-24-16(17)2/h3-4,6,8,16-17H,5,7,9-14H2,1-2H3,(H,21,22)/t16-,17+/m0/s1. The highest BCUT2D eigenvalue weighted by Gasteiger charge is 2.37. The molecule has 1 amide bonds. The molecule has 0 saturated carbocycles. The Bertz CT molecular complexity index is 566. The van der Waals surface area contributed by atoms with Crippen molar-refractivity contribution in [3.63, 3.8) is 0 Å². The van der Waals surface area contributed by atoms with E-state index in [1.807, 2.05) is 6.92 Å². The number of carbonyl (C=O) groups excluding carboxylic acids is 1. The number of amides is 1. The van der Waals surface area contributed by atoms with Crippen molar-refractivity contribution in [2.45, 2.75) is 51.0 Å². The van der Waals surface area contributed by atoms with Crippen molar-refractivity contribution in [1.29, 1.82) is 0 Å². The molecule has 1 N–H and O–H groups in total. The fraction of sp³-hybridized carbons (Fsp3) is 0.650. The largest absolute Gasteiger partial charge is 0.381 e. The second-order valence-corrected chi connectivity index (χ2v) is 7.25. The lowest BCUT2D eigenvalue weighted by Gasteiger charge is -2.39. The number of carbonyl (C=O) groups is 1. The van der Waals surface area contributed by atoms with Crippen LogP contribution in [0.15, 0.2) is 24.3 Å². The van der Waals surface area contributed by atoms with Gasteiger partial charge < -0.3 is 14.8 Å². The van der Waals surface area contributed by atoms with Crippen molar-refractivity contribution in [3.8, 4) is 0 Å². The summed E-state index contributed by atoms with van der Waals surface area (Å²) >= 11 is 0. The quantitative estimate of drug-likeness (QED) is 0.923. The molecule has 1 aromatic carbocycles. The number of benzene rings is 1. The molecule has 0 spiro atoms. The van der Waals surface area contributed by atoms with Crippen LogP contribution in [0.5, 0.6) is 0 Å². The van der Waals surface area contributed by atoms with Crippen LogP contribution in [0.25, 0.3) is 0 Å². The summed E-state index contributed by atoms with van der Waals surface area (Å²) in [4.78, 5) is 12.7. The molecule has 1 aromatic rings. The molecule has 2 heterocycles. The summed E-state index contributed by atoms with van der Waals surface area (Å²) in [5.41, 5.74) is 2.63. The molecule has 24 heavy (non-hydrogen) atoms. The molecule has 0 unspecified atom stereocenters. The lowest BCUT2D eigenvalue weighted by atomic mass is 9.72. The Balaban J connectivity index is 1.73. The van der Waals surface area contributed by atoms with E-state index in [1.54, 1.807) is 0 Å². The Morgan fingerprint density at radius 3 is 2.71 bits per heavy atom. The van der Waals surface area contributed by atoms with Gasteiger partial charge in [0, 0.05) is 31.8 Å². The fourth-order valence-electron chi connectivity index (χ4n) is 4.13. The fourth-order valence-corrected chi connectivity index (χ4v) is 4.13. The summed E-state index contributed by atoms with van der Waals surface area (Å²) in [6.07, 6.45) is 3.82. The lowest BCUT2D eigenvalue weighted by Crippen LogP contribution is -2.48. The van der Waals surface area contributed by atoms with Crippen molar-refractivity contribution >= 4 is 5.91 Å². The zero-order chi connectivity index (χ0) is 17.0. The summed E-state index contributed by atoms with van der Waals surface area (Å²) in [6, 6.07) is 8.54. The van der Waals surface area contributed by atoms with E-state index in [9.17, 15) is 4.79 Å². The molecule has 4 nitrogen and oxygen atoms in total. The van der Waals surface area contributed by atoms with Crippen molar-refractivity contribution in [2.24, 2.45) is 5.92 Å². The van der Waals surface area contributed by atoms with Crippen LogP contribution >= 0.6 is 0 Å². The maximum absolute atomic E-state index is 12.7. The summed E-state index contributed by atoms with van der Waals surface area (Å²) in [5.74, 6) is 0.120. The first-order valence-electron chi connectivity index (χ1n) is 9.16. The van der Waals surface area contributed by atoms with E-state index in [4.69, 9.17) is 9.47 Å². The van der Waals surface area contributed by atoms with Gasteiger partial charge >= 0.3 is 0 Å². The summed E-state index contributed by atoms with van der Waals surface area (Å²) in [6.45, 7) is 7.14. The van der Waals surface area contributed by atoms with Crippen LogP contribution in [0, 0.1) is 12.8 Å². The minimum Gasteiger partial charge on any atom is -0.381 e. The van der Waals surface area contributed by atoms with Gasteiger partial charge in [0.25, 0.3) is 0 Å². The van der Waals surface area contributed by atoms with Crippen LogP contribution in [0.4, 0.5) is 0 Å². The lowest BCUT2D eigenvalue weighted by molar-refractivity contribution is -0.133. The third-order valence-electron chi connectivity index (χ3n) is 5.71. The molecule has 0 aliphatic carbocycles. The molecule has 2 saturated heterocycles. The third kappa shape index (κ3) is 3.65. The van der Waals surface area contributed by atoms with Gasteiger partial charge in [0.2, 0.25) is 5.91 Å². The first kappa shape index (κ1) is 17.4. The maximum atomic E-state index is 12.7. The molecule has 3 rings (SSSR count). The van der Waals surface area contributed by atoms with Crippen LogP contribution < -0.4 is 5.32 Å². The second-order valence-electron chi connectivity index (χ2n) is 7.25. The zero-order valence-electron chi connectivity index (χ0n) is 14.8. The van der Waals surface area contributed by atoms with E-state index in [0.29, 0.717) is 6.54 Å². The summed E-state index contributed by atoms with van der Waals surface area (Å²) in [5, 5.41) is 3.24. The molecule has 0 aromatic heterocycles. The highest BCUT2D eigenvalue weighted by molar-refractivity contribution is 5.79. The Kier molecular flexibility index (Phi) is 5.57. The monoisotopic (exact) mass is 331 g/mol. The van der Waals surface area contributed by atoms with Gasteiger partial charge in [0.05, 0.1) is 12.0 Å². The van der Waals surface area contributed by atoms with Crippen LogP contribution in [-0.2, 0) is 19.7 Å². The Labute approximate surface area is 144 Å². The van der Waals surface area contributed by atoms with Gasteiger partial charge in [-0.3, -0.25) is 4.79 Å². The number of hydrogen-bond donors (Lipinski definition) is 1. The minimum absolute atomic E-state index is 0.0159. The van der Waals surface area contributed by atoms with Crippen LogP contribution in [-0.4, -0.2) is 38.4 Å². The van der Waals surface area contributed by atoms with E-state index in [0.717, 1.165) is 45.5 Å². The van der Waals surface area contributed by atoms with Crippen LogP contribution in [0.3, 0.4) is 0 Å². The Hall–Kier alpha value is -1.39. The predicted octanol–water partition coefficient (Wildman–Crippen LogP) is 2.97. The smallest absolute Gasteiger partial charge is 0.225 e. The van der Waals surface area contributed by atoms with Crippen molar-refractivity contribution in [3.05, 3.63) is 35.4 Å². The predicted molar refractivity (Wildman–Crippen MR) is 94.1 cm³/mol. The van der Waals surface area contributed by atoms with Gasteiger partial charge in [-0.2, -0.15) is 0 Å². The van der Waals surface area contributed by atoms with E-state index in [1.165, 1.54) is 11.1 Å². The first-order chi connectivity index (χ1) is 11.6. The molecular formula is C20H29NO3. The van der Waals surface area contributed by atoms with Gasteiger partial charge in [0.15, 0.2) is 0 Å². The normalized spacial score (nSPS) is 26.8. The molecule has 0 radical (unpaired) electrons. The van der Waals surface area contributed by atoms with Crippen LogP contribution in [0.2, 0.25) is 0 Å². The molecule has 2 aliphatic heterocycles.